The van der Waals surface area contributed by atoms with Crippen LogP contribution in [0, 0.1) is 6.92 Å². The Bertz CT molecular complexity index is 931. The predicted octanol–water partition coefficient (Wildman–Crippen LogP) is 2.26. The third kappa shape index (κ3) is 3.85. The van der Waals surface area contributed by atoms with Crippen LogP contribution in [-0.2, 0) is 17.7 Å². The van der Waals surface area contributed by atoms with E-state index in [2.05, 4.69) is 10.3 Å². The number of anilines is 1. The lowest BCUT2D eigenvalue weighted by molar-refractivity contribution is 0.0298. The summed E-state index contributed by atoms with van der Waals surface area (Å²) in [6, 6.07) is 5.60. The first kappa shape index (κ1) is 19.4. The Kier molecular flexibility index (Phi) is 5.53. The average molecular weight is 398 g/mol. The van der Waals surface area contributed by atoms with Crippen LogP contribution in [0.5, 0.6) is 5.75 Å². The van der Waals surface area contributed by atoms with Gasteiger partial charge in [0.25, 0.3) is 11.8 Å². The van der Waals surface area contributed by atoms with Crippen LogP contribution >= 0.6 is 0 Å². The molecule has 29 heavy (non-hydrogen) atoms. The van der Waals surface area contributed by atoms with E-state index < -0.39 is 0 Å². The van der Waals surface area contributed by atoms with Gasteiger partial charge in [-0.2, -0.15) is 0 Å². The summed E-state index contributed by atoms with van der Waals surface area (Å²) < 4.78 is 12.6. The van der Waals surface area contributed by atoms with Gasteiger partial charge in [-0.15, -0.1) is 0 Å². The maximum absolute atomic E-state index is 13.1. The van der Waals surface area contributed by atoms with Crippen molar-refractivity contribution in [3.63, 3.8) is 0 Å². The summed E-state index contributed by atoms with van der Waals surface area (Å²) in [6.07, 6.45) is 2.70. The number of nitrogens with zero attached hydrogens (tertiary/aromatic N) is 3. The van der Waals surface area contributed by atoms with Crippen LogP contribution in [0.2, 0.25) is 0 Å². The number of rotatable bonds is 4. The predicted molar refractivity (Wildman–Crippen MR) is 108 cm³/mol. The minimum atomic E-state index is -0.335. The maximum atomic E-state index is 13.1. The molecular weight excluding hydrogens is 372 g/mol. The van der Waals surface area contributed by atoms with Gasteiger partial charge >= 0.3 is 0 Å². The Morgan fingerprint density at radius 2 is 1.97 bits per heavy atom. The molecule has 8 heteroatoms. The van der Waals surface area contributed by atoms with E-state index in [1.54, 1.807) is 12.0 Å². The fraction of sp³-hybridized carbons (Fsp3) is 0.476. The second-order valence-corrected chi connectivity index (χ2v) is 7.40. The van der Waals surface area contributed by atoms with Crippen LogP contribution in [0.25, 0.3) is 0 Å². The van der Waals surface area contributed by atoms with E-state index in [-0.39, 0.29) is 17.6 Å². The first-order valence-corrected chi connectivity index (χ1v) is 10.0. The van der Waals surface area contributed by atoms with Gasteiger partial charge in [0.05, 0.1) is 31.7 Å². The number of imidazole rings is 1. The van der Waals surface area contributed by atoms with E-state index in [1.165, 1.54) is 0 Å². The molecule has 0 aliphatic carbocycles. The molecule has 154 valence electrons. The van der Waals surface area contributed by atoms with Crippen LogP contribution in [0.15, 0.2) is 18.2 Å². The zero-order valence-corrected chi connectivity index (χ0v) is 16.9. The van der Waals surface area contributed by atoms with Crippen LogP contribution in [0.1, 0.15) is 45.2 Å². The number of nitrogens with one attached hydrogen (secondary N) is 1. The molecule has 2 aromatic rings. The second-order valence-electron chi connectivity index (χ2n) is 7.40. The molecule has 8 nitrogen and oxygen atoms in total. The van der Waals surface area contributed by atoms with Gasteiger partial charge in [-0.05, 0) is 43.9 Å². The van der Waals surface area contributed by atoms with Crippen LogP contribution in [0.4, 0.5) is 5.69 Å². The number of ether oxygens (including phenoxy) is 2. The Morgan fingerprint density at radius 3 is 2.72 bits per heavy atom. The molecule has 4 rings (SSSR count). The van der Waals surface area contributed by atoms with E-state index in [1.807, 2.05) is 29.7 Å². The smallest absolute Gasteiger partial charge is 0.291 e. The number of aryl methyl sites for hydroxylation is 1. The summed E-state index contributed by atoms with van der Waals surface area (Å²) in [6.45, 7) is 4.79. The fourth-order valence-corrected chi connectivity index (χ4v) is 3.90. The summed E-state index contributed by atoms with van der Waals surface area (Å²) in [7, 11) is 1.57. The number of carbonyl (C=O) groups is 2. The van der Waals surface area contributed by atoms with Crippen molar-refractivity contribution in [2.24, 2.45) is 0 Å². The Hall–Kier alpha value is -2.87. The quantitative estimate of drug-likeness (QED) is 0.854. The highest BCUT2D eigenvalue weighted by Crippen LogP contribution is 2.27. The number of aromatic nitrogens is 2. The molecule has 3 heterocycles. The minimum Gasteiger partial charge on any atom is -0.495 e. The van der Waals surface area contributed by atoms with E-state index in [4.69, 9.17) is 9.47 Å². The van der Waals surface area contributed by atoms with E-state index in [9.17, 15) is 9.59 Å². The molecule has 0 saturated carbocycles. The monoisotopic (exact) mass is 398 g/mol. The standard InChI is InChI=1S/C21H26N4O4/c1-14-6-7-17(28-2)15(13-14)22-20(26)19-23-18(16-5-3-4-8-25(16)19)21(27)24-9-11-29-12-10-24/h6-7,13H,3-5,8-12H2,1-2H3,(H,22,26). The van der Waals surface area contributed by atoms with E-state index >= 15 is 0 Å². The third-order valence-electron chi connectivity index (χ3n) is 5.42. The summed E-state index contributed by atoms with van der Waals surface area (Å²) in [5, 5.41) is 2.91. The van der Waals surface area contributed by atoms with Crippen LogP contribution < -0.4 is 10.1 Å². The number of carbonyl (C=O) groups excluding carboxylic acids is 2. The first-order chi connectivity index (χ1) is 14.1. The lowest BCUT2D eigenvalue weighted by atomic mass is 10.1. The molecule has 1 aromatic heterocycles. The molecule has 2 aliphatic rings. The molecule has 0 atom stereocenters. The molecule has 1 saturated heterocycles. The lowest BCUT2D eigenvalue weighted by Crippen LogP contribution is -2.41. The molecule has 1 aromatic carbocycles. The normalized spacial score (nSPS) is 16.3. The molecule has 0 spiro atoms. The second kappa shape index (κ2) is 8.24. The maximum Gasteiger partial charge on any atom is 0.291 e. The Balaban J connectivity index is 1.65. The zero-order valence-electron chi connectivity index (χ0n) is 16.9. The molecule has 2 aliphatic heterocycles. The first-order valence-electron chi connectivity index (χ1n) is 10.0. The van der Waals surface area contributed by atoms with Crippen molar-refractivity contribution in [3.05, 3.63) is 41.0 Å². The fourth-order valence-electron chi connectivity index (χ4n) is 3.90. The number of morpholine rings is 1. The van der Waals surface area contributed by atoms with Gasteiger partial charge < -0.3 is 24.3 Å². The van der Waals surface area contributed by atoms with Gasteiger partial charge in [-0.3, -0.25) is 9.59 Å². The number of benzene rings is 1. The number of methoxy groups -OCH3 is 1. The molecule has 0 radical (unpaired) electrons. The van der Waals surface area contributed by atoms with Gasteiger partial charge in [0, 0.05) is 19.6 Å². The Morgan fingerprint density at radius 1 is 1.17 bits per heavy atom. The summed E-state index contributed by atoms with van der Waals surface area (Å²) >= 11 is 0. The van der Waals surface area contributed by atoms with Crippen molar-refractivity contribution in [2.45, 2.75) is 32.7 Å². The van der Waals surface area contributed by atoms with Crippen LogP contribution in [0.3, 0.4) is 0 Å². The van der Waals surface area contributed by atoms with Crippen molar-refractivity contribution in [2.75, 3.05) is 38.7 Å². The third-order valence-corrected chi connectivity index (χ3v) is 5.42. The molecule has 0 bridgehead atoms. The summed E-state index contributed by atoms with van der Waals surface area (Å²) in [5.41, 5.74) is 2.85. The molecule has 1 fully saturated rings. The Labute approximate surface area is 169 Å². The highest BCUT2D eigenvalue weighted by molar-refractivity contribution is 6.04. The number of hydrogen-bond donors (Lipinski definition) is 1. The molecular formula is C21H26N4O4. The topological polar surface area (TPSA) is 85.7 Å². The average Bonchev–Trinajstić information content (AvgIpc) is 3.14. The number of amides is 2. The van der Waals surface area contributed by atoms with E-state index in [0.717, 1.165) is 30.5 Å². The lowest BCUT2D eigenvalue weighted by Gasteiger charge is -2.26. The van der Waals surface area contributed by atoms with Gasteiger partial charge in [-0.1, -0.05) is 6.07 Å². The van der Waals surface area contributed by atoms with E-state index in [0.29, 0.717) is 50.0 Å². The largest absolute Gasteiger partial charge is 0.495 e. The van der Waals surface area contributed by atoms with Gasteiger partial charge in [-0.25, -0.2) is 4.98 Å². The van der Waals surface area contributed by atoms with Crippen molar-refractivity contribution in [3.8, 4) is 5.75 Å². The highest BCUT2D eigenvalue weighted by Gasteiger charge is 2.30. The van der Waals surface area contributed by atoms with Crippen molar-refractivity contribution < 1.29 is 19.1 Å². The SMILES string of the molecule is COc1ccc(C)cc1NC(=O)c1nc(C(=O)N2CCOCC2)c2n1CCCC2. The number of hydrogen-bond acceptors (Lipinski definition) is 5. The van der Waals surface area contributed by atoms with Crippen LogP contribution in [-0.4, -0.2) is 59.7 Å². The molecule has 0 unspecified atom stereocenters. The van der Waals surface area contributed by atoms with Crippen molar-refractivity contribution >= 4 is 17.5 Å². The minimum absolute atomic E-state index is 0.119. The van der Waals surface area contributed by atoms with Crippen molar-refractivity contribution in [1.29, 1.82) is 0 Å². The molecule has 2 amide bonds. The molecule has 1 N–H and O–H groups in total. The van der Waals surface area contributed by atoms with Gasteiger partial charge in [0.1, 0.15) is 11.4 Å². The number of fused-ring (bicyclic) bond motifs is 1. The van der Waals surface area contributed by atoms with Gasteiger partial charge in [0.2, 0.25) is 0 Å². The zero-order chi connectivity index (χ0) is 20.4. The summed E-state index contributed by atoms with van der Waals surface area (Å²) in [4.78, 5) is 32.4. The highest BCUT2D eigenvalue weighted by atomic mass is 16.5. The van der Waals surface area contributed by atoms with Crippen molar-refractivity contribution in [1.82, 2.24) is 14.5 Å². The summed E-state index contributed by atoms with van der Waals surface area (Å²) in [5.74, 6) is 0.406. The van der Waals surface area contributed by atoms with Gasteiger partial charge in [0.15, 0.2) is 5.82 Å².